The van der Waals surface area contributed by atoms with Crippen LogP contribution in [0, 0.1) is 0 Å². The monoisotopic (exact) mass is 331 g/mol. The number of hydrogen-bond acceptors (Lipinski definition) is 5. The smallest absolute Gasteiger partial charge is 0.315 e. The maximum Gasteiger partial charge on any atom is 0.315 e. The molecule has 1 atom stereocenters. The predicted octanol–water partition coefficient (Wildman–Crippen LogP) is 1.63. The average molecular weight is 331 g/mol. The Hall–Kier alpha value is -2.80. The molecule has 0 bridgehead atoms. The fourth-order valence-electron chi connectivity index (χ4n) is 2.22. The van der Waals surface area contributed by atoms with Gasteiger partial charge >= 0.3 is 6.03 Å². The molecule has 0 spiro atoms. The lowest BCUT2D eigenvalue weighted by Gasteiger charge is -2.16. The number of aliphatic hydroxyl groups is 1. The Morgan fingerprint density at radius 1 is 1.17 bits per heavy atom. The van der Waals surface area contributed by atoms with Gasteiger partial charge in [0.1, 0.15) is 5.75 Å². The number of urea groups is 1. The van der Waals surface area contributed by atoms with Crippen molar-refractivity contribution in [1.82, 2.24) is 15.6 Å². The molecule has 3 N–H and O–H groups in total. The van der Waals surface area contributed by atoms with E-state index in [9.17, 15) is 9.90 Å². The maximum atomic E-state index is 11.9. The number of pyridine rings is 1. The Kier molecular flexibility index (Phi) is 6.39. The number of aromatic nitrogens is 1. The molecule has 0 unspecified atom stereocenters. The number of ether oxygens (including phenoxy) is 2. The summed E-state index contributed by atoms with van der Waals surface area (Å²) in [5.41, 5.74) is 1.38. The molecule has 1 aromatic heterocycles. The molecular weight excluding hydrogens is 310 g/mol. The standard InChI is InChI=1S/C17H21N3O4/c1-23-15-8-4-3-7-13(15)14(21)11-20-17(22)19-10-12-6-5-9-18-16(12)24-2/h3-9,14,21H,10-11H2,1-2H3,(H2,19,20,22)/t14-/m0/s1. The van der Waals surface area contributed by atoms with Crippen LogP contribution < -0.4 is 20.1 Å². The van der Waals surface area contributed by atoms with E-state index >= 15 is 0 Å². The Bertz CT molecular complexity index is 678. The van der Waals surface area contributed by atoms with Crippen LogP contribution in [0.3, 0.4) is 0 Å². The van der Waals surface area contributed by atoms with Gasteiger partial charge < -0.3 is 25.2 Å². The van der Waals surface area contributed by atoms with Crippen molar-refractivity contribution in [1.29, 1.82) is 0 Å². The third kappa shape index (κ3) is 4.60. The van der Waals surface area contributed by atoms with Gasteiger partial charge in [0.15, 0.2) is 0 Å². The molecule has 7 heteroatoms. The van der Waals surface area contributed by atoms with Gasteiger partial charge in [-0.3, -0.25) is 0 Å². The molecule has 0 aliphatic carbocycles. The second kappa shape index (κ2) is 8.73. The molecule has 0 aliphatic heterocycles. The van der Waals surface area contributed by atoms with Crippen LogP contribution in [0.15, 0.2) is 42.6 Å². The molecule has 2 rings (SSSR count). The number of rotatable bonds is 7. The summed E-state index contributed by atoms with van der Waals surface area (Å²) in [5.74, 6) is 1.04. The zero-order chi connectivity index (χ0) is 17.4. The van der Waals surface area contributed by atoms with Crippen molar-refractivity contribution in [3.63, 3.8) is 0 Å². The van der Waals surface area contributed by atoms with E-state index in [1.807, 2.05) is 12.1 Å². The van der Waals surface area contributed by atoms with Gasteiger partial charge in [0.05, 0.1) is 20.3 Å². The van der Waals surface area contributed by atoms with E-state index in [1.54, 1.807) is 30.5 Å². The van der Waals surface area contributed by atoms with E-state index in [4.69, 9.17) is 9.47 Å². The molecule has 0 aliphatic rings. The SMILES string of the molecule is COc1ccccc1[C@@H](O)CNC(=O)NCc1cccnc1OC. The largest absolute Gasteiger partial charge is 0.496 e. The molecule has 0 saturated heterocycles. The number of para-hydroxylation sites is 1. The number of aliphatic hydroxyl groups excluding tert-OH is 1. The summed E-state index contributed by atoms with van der Waals surface area (Å²) in [6, 6.07) is 10.3. The van der Waals surface area contributed by atoms with Crippen molar-refractivity contribution in [2.45, 2.75) is 12.6 Å². The zero-order valence-electron chi connectivity index (χ0n) is 13.7. The van der Waals surface area contributed by atoms with Gasteiger partial charge in [-0.2, -0.15) is 0 Å². The summed E-state index contributed by atoms with van der Waals surface area (Å²) >= 11 is 0. The first-order chi connectivity index (χ1) is 11.7. The van der Waals surface area contributed by atoms with Gasteiger partial charge in [-0.1, -0.05) is 24.3 Å². The molecule has 0 saturated carbocycles. The van der Waals surface area contributed by atoms with Crippen molar-refractivity contribution in [3.8, 4) is 11.6 Å². The highest BCUT2D eigenvalue weighted by Crippen LogP contribution is 2.23. The Morgan fingerprint density at radius 3 is 2.71 bits per heavy atom. The van der Waals surface area contributed by atoms with Gasteiger partial charge in [0.2, 0.25) is 5.88 Å². The number of methoxy groups -OCH3 is 2. The number of amides is 2. The number of nitrogens with one attached hydrogen (secondary N) is 2. The van der Waals surface area contributed by atoms with E-state index in [1.165, 1.54) is 14.2 Å². The van der Waals surface area contributed by atoms with Crippen LogP contribution >= 0.6 is 0 Å². The summed E-state index contributed by atoms with van der Waals surface area (Å²) in [7, 11) is 3.06. The van der Waals surface area contributed by atoms with E-state index in [2.05, 4.69) is 15.6 Å². The maximum absolute atomic E-state index is 11.9. The molecule has 0 radical (unpaired) electrons. The van der Waals surface area contributed by atoms with Crippen molar-refractivity contribution < 1.29 is 19.4 Å². The first-order valence-electron chi connectivity index (χ1n) is 7.46. The van der Waals surface area contributed by atoms with Crippen molar-refractivity contribution in [2.24, 2.45) is 0 Å². The lowest BCUT2D eigenvalue weighted by Crippen LogP contribution is -2.37. The fourth-order valence-corrected chi connectivity index (χ4v) is 2.22. The van der Waals surface area contributed by atoms with Gasteiger partial charge in [-0.05, 0) is 12.1 Å². The quantitative estimate of drug-likeness (QED) is 0.717. The van der Waals surface area contributed by atoms with Gasteiger partial charge in [-0.25, -0.2) is 9.78 Å². The Balaban J connectivity index is 1.84. The topological polar surface area (TPSA) is 92.7 Å². The first kappa shape index (κ1) is 17.6. The molecule has 24 heavy (non-hydrogen) atoms. The van der Waals surface area contributed by atoms with E-state index < -0.39 is 12.1 Å². The fraction of sp³-hybridized carbons (Fsp3) is 0.294. The van der Waals surface area contributed by atoms with Crippen LogP contribution in [0.25, 0.3) is 0 Å². The zero-order valence-corrected chi connectivity index (χ0v) is 13.7. The molecular formula is C17H21N3O4. The summed E-state index contributed by atoms with van der Waals surface area (Å²) < 4.78 is 10.3. The Labute approximate surface area is 140 Å². The van der Waals surface area contributed by atoms with E-state index in [0.717, 1.165) is 5.56 Å². The first-order valence-corrected chi connectivity index (χ1v) is 7.46. The molecule has 128 valence electrons. The number of nitrogens with zero attached hydrogens (tertiary/aromatic N) is 1. The number of carbonyl (C=O) groups excluding carboxylic acids is 1. The summed E-state index contributed by atoms with van der Waals surface area (Å²) in [6.45, 7) is 0.337. The highest BCUT2D eigenvalue weighted by atomic mass is 16.5. The van der Waals surface area contributed by atoms with Gasteiger partial charge in [-0.15, -0.1) is 0 Å². The highest BCUT2D eigenvalue weighted by molar-refractivity contribution is 5.73. The highest BCUT2D eigenvalue weighted by Gasteiger charge is 2.14. The molecule has 1 aromatic carbocycles. The van der Waals surface area contributed by atoms with Crippen LogP contribution in [-0.2, 0) is 6.54 Å². The van der Waals surface area contributed by atoms with Crippen LogP contribution in [-0.4, -0.2) is 36.9 Å². The third-order valence-electron chi connectivity index (χ3n) is 3.44. The van der Waals surface area contributed by atoms with Crippen molar-refractivity contribution >= 4 is 6.03 Å². The second-order valence-electron chi connectivity index (χ2n) is 4.99. The number of hydrogen-bond donors (Lipinski definition) is 3. The molecule has 2 aromatic rings. The summed E-state index contributed by atoms with van der Waals surface area (Å²) in [6.07, 6.45) is 0.756. The van der Waals surface area contributed by atoms with Gasteiger partial charge in [0.25, 0.3) is 0 Å². The normalized spacial score (nSPS) is 11.5. The molecule has 7 nitrogen and oxygen atoms in total. The van der Waals surface area contributed by atoms with Gasteiger partial charge in [0, 0.05) is 30.4 Å². The number of benzene rings is 1. The molecule has 0 fully saturated rings. The molecule has 1 heterocycles. The van der Waals surface area contributed by atoms with Crippen LogP contribution in [0.5, 0.6) is 11.6 Å². The van der Waals surface area contributed by atoms with E-state index in [-0.39, 0.29) is 13.1 Å². The lowest BCUT2D eigenvalue weighted by atomic mass is 10.1. The van der Waals surface area contributed by atoms with E-state index in [0.29, 0.717) is 17.2 Å². The average Bonchev–Trinajstić information content (AvgIpc) is 2.64. The minimum absolute atomic E-state index is 0.0659. The summed E-state index contributed by atoms with van der Waals surface area (Å²) in [5, 5.41) is 15.5. The minimum atomic E-state index is -0.861. The molecule has 2 amide bonds. The van der Waals surface area contributed by atoms with Crippen LogP contribution in [0.4, 0.5) is 4.79 Å². The summed E-state index contributed by atoms with van der Waals surface area (Å²) in [4.78, 5) is 15.9. The van der Waals surface area contributed by atoms with Crippen molar-refractivity contribution in [2.75, 3.05) is 20.8 Å². The predicted molar refractivity (Wildman–Crippen MR) is 89.0 cm³/mol. The van der Waals surface area contributed by atoms with Crippen LogP contribution in [0.1, 0.15) is 17.2 Å². The second-order valence-corrected chi connectivity index (χ2v) is 4.99. The number of carbonyl (C=O) groups is 1. The van der Waals surface area contributed by atoms with Crippen molar-refractivity contribution in [3.05, 3.63) is 53.7 Å². The van der Waals surface area contributed by atoms with Crippen LogP contribution in [0.2, 0.25) is 0 Å². The third-order valence-corrected chi connectivity index (χ3v) is 3.44. The lowest BCUT2D eigenvalue weighted by molar-refractivity contribution is 0.169. The minimum Gasteiger partial charge on any atom is -0.496 e. The Morgan fingerprint density at radius 2 is 1.96 bits per heavy atom.